The van der Waals surface area contributed by atoms with Crippen LogP contribution in [0.4, 0.5) is 5.69 Å². The zero-order valence-corrected chi connectivity index (χ0v) is 20.6. The molecule has 7 heteroatoms. The molecule has 0 saturated heterocycles. The van der Waals surface area contributed by atoms with Gasteiger partial charge in [-0.15, -0.1) is 0 Å². The van der Waals surface area contributed by atoms with Crippen LogP contribution in [0, 0.1) is 6.92 Å². The van der Waals surface area contributed by atoms with Gasteiger partial charge in [0.15, 0.2) is 0 Å². The topological polar surface area (TPSA) is 79.8 Å². The van der Waals surface area contributed by atoms with Crippen molar-refractivity contribution in [3.8, 4) is 5.75 Å². The molecule has 4 rings (SSSR count). The van der Waals surface area contributed by atoms with Crippen molar-refractivity contribution < 1.29 is 14.3 Å². The first-order valence-electron chi connectivity index (χ1n) is 11.6. The smallest absolute Gasteiger partial charge is 0.240 e. The van der Waals surface area contributed by atoms with Gasteiger partial charge in [-0.1, -0.05) is 78.3 Å². The lowest BCUT2D eigenvalue weighted by atomic mass is 10.0. The van der Waals surface area contributed by atoms with Gasteiger partial charge in [-0.3, -0.25) is 9.59 Å². The second-order valence-corrected chi connectivity index (χ2v) is 8.69. The number of aryl methyl sites for hydroxylation is 1. The van der Waals surface area contributed by atoms with E-state index in [1.54, 1.807) is 18.3 Å². The molecular formula is C29H26ClN3O3. The largest absolute Gasteiger partial charge is 0.488 e. The number of halogens is 1. The van der Waals surface area contributed by atoms with Crippen molar-refractivity contribution in [3.63, 3.8) is 0 Å². The fourth-order valence-corrected chi connectivity index (χ4v) is 3.80. The highest BCUT2D eigenvalue weighted by atomic mass is 35.5. The Morgan fingerprint density at radius 2 is 1.67 bits per heavy atom. The zero-order valence-electron chi connectivity index (χ0n) is 19.8. The Labute approximate surface area is 214 Å². The van der Waals surface area contributed by atoms with Gasteiger partial charge >= 0.3 is 0 Å². The van der Waals surface area contributed by atoms with E-state index in [-0.39, 0.29) is 24.7 Å². The van der Waals surface area contributed by atoms with Gasteiger partial charge in [-0.25, -0.2) is 5.43 Å². The summed E-state index contributed by atoms with van der Waals surface area (Å²) < 4.78 is 6.07. The highest BCUT2D eigenvalue weighted by Gasteiger charge is 2.10. The Balaban J connectivity index is 1.37. The number of amides is 2. The highest BCUT2D eigenvalue weighted by Crippen LogP contribution is 2.27. The van der Waals surface area contributed by atoms with E-state index < -0.39 is 0 Å². The molecule has 0 aliphatic carbocycles. The Hall–Kier alpha value is -4.16. The van der Waals surface area contributed by atoms with Crippen LogP contribution in [-0.2, 0) is 16.2 Å². The van der Waals surface area contributed by atoms with E-state index in [9.17, 15) is 9.59 Å². The van der Waals surface area contributed by atoms with E-state index in [0.29, 0.717) is 23.1 Å². The fraction of sp³-hybridized carbons (Fsp3) is 0.138. The summed E-state index contributed by atoms with van der Waals surface area (Å²) in [5, 5.41) is 9.44. The molecule has 0 spiro atoms. The summed E-state index contributed by atoms with van der Waals surface area (Å²) in [6.07, 6.45) is 1.59. The van der Waals surface area contributed by atoms with Crippen LogP contribution in [0.15, 0.2) is 90.0 Å². The van der Waals surface area contributed by atoms with E-state index in [1.165, 1.54) is 0 Å². The van der Waals surface area contributed by atoms with E-state index in [1.807, 2.05) is 79.7 Å². The first-order chi connectivity index (χ1) is 17.5. The van der Waals surface area contributed by atoms with E-state index in [0.717, 1.165) is 27.5 Å². The second-order valence-electron chi connectivity index (χ2n) is 8.28. The van der Waals surface area contributed by atoms with Crippen molar-refractivity contribution >= 4 is 46.1 Å². The lowest BCUT2D eigenvalue weighted by Crippen LogP contribution is -2.20. The summed E-state index contributed by atoms with van der Waals surface area (Å²) in [5.41, 5.74) is 5.83. The second kappa shape index (κ2) is 12.0. The normalized spacial score (nSPS) is 10.9. The van der Waals surface area contributed by atoms with Crippen LogP contribution in [0.25, 0.3) is 10.8 Å². The number of benzene rings is 4. The molecule has 36 heavy (non-hydrogen) atoms. The molecule has 2 N–H and O–H groups in total. The van der Waals surface area contributed by atoms with Crippen LogP contribution < -0.4 is 15.5 Å². The SMILES string of the molecule is Cc1ccc(NC(=O)CCC(=O)NN=Cc2c(OCc3ccccc3)ccc3ccccc23)cc1Cl. The van der Waals surface area contributed by atoms with Crippen molar-refractivity contribution in [2.24, 2.45) is 5.10 Å². The summed E-state index contributed by atoms with van der Waals surface area (Å²) in [5.74, 6) is 0.0155. The Kier molecular flexibility index (Phi) is 8.32. The first-order valence-corrected chi connectivity index (χ1v) is 11.9. The molecule has 0 radical (unpaired) electrons. The van der Waals surface area contributed by atoms with Crippen molar-refractivity contribution in [1.82, 2.24) is 5.43 Å². The third-order valence-electron chi connectivity index (χ3n) is 5.59. The summed E-state index contributed by atoms with van der Waals surface area (Å²) in [4.78, 5) is 24.5. The van der Waals surface area contributed by atoms with Crippen LogP contribution in [-0.4, -0.2) is 18.0 Å². The van der Waals surface area contributed by atoms with Gasteiger partial charge in [0, 0.05) is 29.1 Å². The number of carbonyl (C=O) groups excluding carboxylic acids is 2. The average molecular weight is 500 g/mol. The number of hydrogen-bond acceptors (Lipinski definition) is 4. The maximum absolute atomic E-state index is 12.3. The van der Waals surface area contributed by atoms with Gasteiger partial charge in [0.25, 0.3) is 0 Å². The molecule has 0 saturated carbocycles. The number of rotatable bonds is 9. The molecule has 4 aromatic carbocycles. The third-order valence-corrected chi connectivity index (χ3v) is 5.99. The lowest BCUT2D eigenvalue weighted by Gasteiger charge is -2.12. The van der Waals surface area contributed by atoms with Crippen LogP contribution in [0.5, 0.6) is 5.75 Å². The number of hydrogen-bond donors (Lipinski definition) is 2. The Morgan fingerprint density at radius 3 is 2.47 bits per heavy atom. The van der Waals surface area contributed by atoms with Crippen LogP contribution in [0.1, 0.15) is 29.5 Å². The number of ether oxygens (including phenoxy) is 1. The summed E-state index contributed by atoms with van der Waals surface area (Å²) in [7, 11) is 0. The van der Waals surface area contributed by atoms with Gasteiger partial charge in [-0.2, -0.15) is 5.10 Å². The number of hydrazone groups is 1. The molecule has 0 bridgehead atoms. The molecule has 182 valence electrons. The summed E-state index contributed by atoms with van der Waals surface area (Å²) in [6, 6.07) is 26.9. The quantitative estimate of drug-likeness (QED) is 0.211. The minimum atomic E-state index is -0.365. The molecule has 0 atom stereocenters. The van der Waals surface area contributed by atoms with Crippen LogP contribution >= 0.6 is 11.6 Å². The average Bonchev–Trinajstić information content (AvgIpc) is 2.89. The molecule has 0 aliphatic rings. The Morgan fingerprint density at radius 1 is 0.917 bits per heavy atom. The number of nitrogens with one attached hydrogen (secondary N) is 2. The van der Waals surface area contributed by atoms with Crippen LogP contribution in [0.3, 0.4) is 0 Å². The highest BCUT2D eigenvalue weighted by molar-refractivity contribution is 6.31. The maximum Gasteiger partial charge on any atom is 0.240 e. The van der Waals surface area contributed by atoms with Gasteiger partial charge in [0.1, 0.15) is 12.4 Å². The van der Waals surface area contributed by atoms with E-state index in [2.05, 4.69) is 15.8 Å². The number of carbonyl (C=O) groups is 2. The van der Waals surface area contributed by atoms with Crippen LogP contribution in [0.2, 0.25) is 5.02 Å². The number of nitrogens with zero attached hydrogens (tertiary/aromatic N) is 1. The van der Waals surface area contributed by atoms with Gasteiger partial charge in [0.2, 0.25) is 11.8 Å². The third kappa shape index (κ3) is 6.71. The van der Waals surface area contributed by atoms with Gasteiger partial charge in [0.05, 0.1) is 6.21 Å². The van der Waals surface area contributed by atoms with E-state index in [4.69, 9.17) is 16.3 Å². The molecule has 2 amide bonds. The van der Waals surface area contributed by atoms with Gasteiger partial charge < -0.3 is 10.1 Å². The zero-order chi connectivity index (χ0) is 25.3. The minimum Gasteiger partial charge on any atom is -0.488 e. The molecule has 4 aromatic rings. The summed E-state index contributed by atoms with van der Waals surface area (Å²) >= 11 is 6.09. The fourth-order valence-electron chi connectivity index (χ4n) is 3.62. The minimum absolute atomic E-state index is 0.00430. The van der Waals surface area contributed by atoms with E-state index >= 15 is 0 Å². The predicted octanol–water partition coefficient (Wildman–Crippen LogP) is 6.25. The van der Waals surface area contributed by atoms with Gasteiger partial charge in [-0.05, 0) is 47.0 Å². The van der Waals surface area contributed by atoms with Crippen molar-refractivity contribution in [1.29, 1.82) is 0 Å². The first kappa shape index (κ1) is 24.9. The van der Waals surface area contributed by atoms with Crippen molar-refractivity contribution in [2.75, 3.05) is 5.32 Å². The predicted molar refractivity (Wildman–Crippen MR) is 145 cm³/mol. The molecular weight excluding hydrogens is 474 g/mol. The molecule has 0 unspecified atom stereocenters. The molecule has 0 aromatic heterocycles. The number of anilines is 1. The summed E-state index contributed by atoms with van der Waals surface area (Å²) in [6.45, 7) is 2.29. The Bertz CT molecular complexity index is 1400. The van der Waals surface area contributed by atoms with Crippen molar-refractivity contribution in [2.45, 2.75) is 26.4 Å². The van der Waals surface area contributed by atoms with Crippen molar-refractivity contribution in [3.05, 3.63) is 107 Å². The maximum atomic E-state index is 12.3. The molecule has 6 nitrogen and oxygen atoms in total. The number of fused-ring (bicyclic) bond motifs is 1. The molecule has 0 heterocycles. The lowest BCUT2D eigenvalue weighted by molar-refractivity contribution is -0.124. The molecule has 0 fully saturated rings. The standard InChI is InChI=1S/C29H26ClN3O3/c1-20-11-13-23(17-26(20)30)32-28(34)15-16-29(35)33-31-18-25-24-10-6-5-9-22(24)12-14-27(25)36-19-21-7-3-2-4-8-21/h2-14,17-18H,15-16,19H2,1H3,(H,32,34)(H,33,35). The molecule has 0 aliphatic heterocycles. The monoisotopic (exact) mass is 499 g/mol.